The molecule has 0 spiro atoms. The number of halogens is 1. The first-order valence-electron chi connectivity index (χ1n) is 10.2. The molecule has 0 heterocycles. The largest absolute Gasteiger partial charge is 0.457 e. The van der Waals surface area contributed by atoms with Gasteiger partial charge in [-0.05, 0) is 64.5 Å². The van der Waals surface area contributed by atoms with Crippen LogP contribution in [0.15, 0.2) is 119 Å². The third kappa shape index (κ3) is 5.82. The Bertz CT molecular complexity index is 1380. The summed E-state index contributed by atoms with van der Waals surface area (Å²) in [6.45, 7) is 0. The monoisotopic (exact) mass is 537 g/mol. The molecule has 0 bridgehead atoms. The van der Waals surface area contributed by atoms with Crippen LogP contribution < -0.4 is 19.9 Å². The van der Waals surface area contributed by atoms with Gasteiger partial charge in [0.25, 0.3) is 10.0 Å². The maximum Gasteiger partial charge on any atom is 0.341 e. The van der Waals surface area contributed by atoms with E-state index in [1.54, 1.807) is 72.8 Å². The normalized spacial score (nSPS) is 11.0. The van der Waals surface area contributed by atoms with E-state index in [9.17, 15) is 13.2 Å². The van der Waals surface area contributed by atoms with Crippen LogP contribution in [0.5, 0.6) is 11.5 Å². The molecule has 4 aromatic rings. The second kappa shape index (κ2) is 10.5. The molecule has 0 unspecified atom stereocenters. The summed E-state index contributed by atoms with van der Waals surface area (Å²) >= 11 is 3.38. The van der Waals surface area contributed by atoms with Crippen molar-refractivity contribution < 1.29 is 17.9 Å². The second-order valence-electron chi connectivity index (χ2n) is 7.07. The summed E-state index contributed by atoms with van der Waals surface area (Å²) in [4.78, 5) is 15.4. The average molecular weight is 538 g/mol. The molecule has 34 heavy (non-hydrogen) atoms. The van der Waals surface area contributed by atoms with E-state index in [1.807, 2.05) is 24.3 Å². The number of carbonyl (C=O) groups is 1. The molecule has 0 saturated carbocycles. The number of ether oxygens (including phenoxy) is 1. The van der Waals surface area contributed by atoms with Gasteiger partial charge >= 0.3 is 6.03 Å². The zero-order valence-electron chi connectivity index (χ0n) is 17.8. The van der Waals surface area contributed by atoms with Gasteiger partial charge < -0.3 is 10.1 Å². The molecule has 7 nitrogen and oxygen atoms in total. The lowest BCUT2D eigenvalue weighted by Crippen LogP contribution is -2.48. The smallest absolute Gasteiger partial charge is 0.341 e. The van der Waals surface area contributed by atoms with E-state index in [0.717, 1.165) is 5.01 Å². The third-order valence-electron chi connectivity index (χ3n) is 4.64. The number of nitrogens with one attached hydrogen (secondary N) is 2. The molecule has 172 valence electrons. The van der Waals surface area contributed by atoms with Gasteiger partial charge in [0.1, 0.15) is 11.5 Å². The highest BCUT2D eigenvalue weighted by molar-refractivity contribution is 9.10. The van der Waals surface area contributed by atoms with Crippen molar-refractivity contribution in [3.05, 3.63) is 114 Å². The Kier molecular flexibility index (Phi) is 7.27. The number of amides is 2. The number of hydrogen-bond acceptors (Lipinski definition) is 4. The minimum absolute atomic E-state index is 0.0597. The summed E-state index contributed by atoms with van der Waals surface area (Å²) in [6.07, 6.45) is 0. The molecule has 0 fully saturated rings. The van der Waals surface area contributed by atoms with Crippen LogP contribution in [-0.4, -0.2) is 14.4 Å². The third-order valence-corrected chi connectivity index (χ3v) is 6.63. The van der Waals surface area contributed by atoms with Gasteiger partial charge in [-0.25, -0.2) is 18.2 Å². The zero-order valence-corrected chi connectivity index (χ0v) is 20.2. The molecule has 0 atom stereocenters. The molecule has 4 rings (SSSR count). The van der Waals surface area contributed by atoms with Gasteiger partial charge in [0.05, 0.1) is 16.3 Å². The molecule has 0 radical (unpaired) electrons. The van der Waals surface area contributed by atoms with Gasteiger partial charge in [0.2, 0.25) is 0 Å². The quantitative estimate of drug-likeness (QED) is 0.276. The Morgan fingerprint density at radius 2 is 1.38 bits per heavy atom. The summed E-state index contributed by atoms with van der Waals surface area (Å²) < 4.78 is 32.9. The topological polar surface area (TPSA) is 87.7 Å². The number of benzene rings is 4. The number of urea groups is 1. The van der Waals surface area contributed by atoms with Crippen LogP contribution in [0.2, 0.25) is 0 Å². The lowest BCUT2D eigenvalue weighted by atomic mass is 10.3. The number of anilines is 2. The maximum absolute atomic E-state index is 13.2. The van der Waals surface area contributed by atoms with Gasteiger partial charge in [0.15, 0.2) is 0 Å². The number of nitrogens with zero attached hydrogens (tertiary/aromatic N) is 1. The van der Waals surface area contributed by atoms with E-state index in [-0.39, 0.29) is 4.90 Å². The van der Waals surface area contributed by atoms with Crippen molar-refractivity contribution in [3.63, 3.8) is 0 Å². The predicted octanol–water partition coefficient (Wildman–Crippen LogP) is 6.17. The summed E-state index contributed by atoms with van der Waals surface area (Å²) in [7, 11) is -4.15. The molecule has 4 aromatic carbocycles. The molecular formula is C25H20BrN3O4S. The minimum Gasteiger partial charge on any atom is -0.457 e. The molecule has 0 aliphatic heterocycles. The highest BCUT2D eigenvalue weighted by atomic mass is 79.9. The van der Waals surface area contributed by atoms with Crippen molar-refractivity contribution in [3.8, 4) is 11.5 Å². The van der Waals surface area contributed by atoms with Crippen molar-refractivity contribution in [2.75, 3.05) is 10.3 Å². The van der Waals surface area contributed by atoms with Gasteiger partial charge in [-0.2, -0.15) is 0 Å². The molecule has 0 aliphatic rings. The van der Waals surface area contributed by atoms with Crippen LogP contribution in [0.1, 0.15) is 0 Å². The fourth-order valence-electron chi connectivity index (χ4n) is 3.02. The van der Waals surface area contributed by atoms with Gasteiger partial charge in [0, 0.05) is 10.5 Å². The van der Waals surface area contributed by atoms with E-state index >= 15 is 0 Å². The number of hydrazine groups is 1. The van der Waals surface area contributed by atoms with Crippen LogP contribution in [0, 0.1) is 0 Å². The number of hydrogen-bond donors (Lipinski definition) is 2. The van der Waals surface area contributed by atoms with Crippen molar-refractivity contribution in [2.45, 2.75) is 4.90 Å². The number of sulfonamides is 1. The Morgan fingerprint density at radius 3 is 2.09 bits per heavy atom. The lowest BCUT2D eigenvalue weighted by molar-refractivity contribution is 0.256. The fraction of sp³-hybridized carbons (Fsp3) is 0. The van der Waals surface area contributed by atoms with Crippen molar-refractivity contribution in [1.29, 1.82) is 0 Å². The summed E-state index contributed by atoms with van der Waals surface area (Å²) in [5.41, 5.74) is 0.832. The minimum atomic E-state index is -4.15. The first kappa shape index (κ1) is 23.5. The Balaban J connectivity index is 1.61. The summed E-state index contributed by atoms with van der Waals surface area (Å²) in [5, 5.41) is 3.66. The number of rotatable bonds is 7. The highest BCUT2D eigenvalue weighted by Gasteiger charge is 2.25. The van der Waals surface area contributed by atoms with Gasteiger partial charge in [-0.3, -0.25) is 0 Å². The zero-order chi connectivity index (χ0) is 24.0. The SMILES string of the molecule is O=C(Nc1ccccc1Br)N(NS(=O)(=O)c1cccc(Oc2ccccc2)c1)c1ccccc1. The molecular weight excluding hydrogens is 518 g/mol. The van der Waals surface area contributed by atoms with E-state index in [1.165, 1.54) is 12.1 Å². The molecule has 2 N–H and O–H groups in total. The van der Waals surface area contributed by atoms with Gasteiger partial charge in [-0.1, -0.05) is 54.6 Å². The summed E-state index contributed by atoms with van der Waals surface area (Å²) in [6, 6.07) is 29.8. The molecule has 0 aliphatic carbocycles. The molecule has 9 heteroatoms. The van der Waals surface area contributed by atoms with Crippen LogP contribution >= 0.6 is 15.9 Å². The Labute approximate surface area is 206 Å². The van der Waals surface area contributed by atoms with Crippen LogP contribution in [0.3, 0.4) is 0 Å². The maximum atomic E-state index is 13.2. The van der Waals surface area contributed by atoms with Crippen LogP contribution in [0.4, 0.5) is 16.2 Å². The van der Waals surface area contributed by atoms with Crippen molar-refractivity contribution in [1.82, 2.24) is 4.83 Å². The first-order valence-corrected chi connectivity index (χ1v) is 12.5. The highest BCUT2D eigenvalue weighted by Crippen LogP contribution is 2.25. The fourth-order valence-corrected chi connectivity index (χ4v) is 4.47. The van der Waals surface area contributed by atoms with Crippen LogP contribution in [0.25, 0.3) is 0 Å². The Hall–Kier alpha value is -3.66. The van der Waals surface area contributed by atoms with Crippen LogP contribution in [-0.2, 0) is 10.0 Å². The molecule has 0 saturated heterocycles. The van der Waals surface area contributed by atoms with Crippen molar-refractivity contribution >= 4 is 43.4 Å². The molecule has 0 aromatic heterocycles. The lowest BCUT2D eigenvalue weighted by Gasteiger charge is -2.24. The summed E-state index contributed by atoms with van der Waals surface area (Å²) in [5.74, 6) is 0.918. The first-order chi connectivity index (χ1) is 16.4. The van der Waals surface area contributed by atoms with E-state index in [4.69, 9.17) is 4.74 Å². The molecule has 2 amide bonds. The number of para-hydroxylation sites is 3. The van der Waals surface area contributed by atoms with E-state index in [0.29, 0.717) is 27.3 Å². The standard InChI is InChI=1S/C25H20BrN3O4S/c26-23-16-7-8-17-24(23)27-25(30)29(19-10-3-1-4-11-19)28-34(31,32)22-15-9-14-21(18-22)33-20-12-5-2-6-13-20/h1-18,28H,(H,27,30). The van der Waals surface area contributed by atoms with E-state index < -0.39 is 16.1 Å². The number of carbonyl (C=O) groups excluding carboxylic acids is 1. The Morgan fingerprint density at radius 1 is 0.765 bits per heavy atom. The van der Waals surface area contributed by atoms with Crippen molar-refractivity contribution in [2.24, 2.45) is 0 Å². The second-order valence-corrected chi connectivity index (χ2v) is 9.58. The average Bonchev–Trinajstić information content (AvgIpc) is 2.85. The van der Waals surface area contributed by atoms with E-state index in [2.05, 4.69) is 26.1 Å². The van der Waals surface area contributed by atoms with Gasteiger partial charge in [-0.15, -0.1) is 4.83 Å². The predicted molar refractivity (Wildman–Crippen MR) is 135 cm³/mol.